The number of aromatic nitrogens is 1. The molecular formula is C41H53N7O9. The maximum atomic E-state index is 14.7. The van der Waals surface area contributed by atoms with Crippen molar-refractivity contribution in [2.75, 3.05) is 38.0 Å². The van der Waals surface area contributed by atoms with Crippen molar-refractivity contribution in [1.29, 1.82) is 0 Å². The van der Waals surface area contributed by atoms with Gasteiger partial charge in [-0.3, -0.25) is 29.1 Å². The number of amides is 6. The number of hydrogen-bond acceptors (Lipinski definition) is 10. The molecule has 2 saturated heterocycles. The number of ether oxygens (including phenoxy) is 2. The molecule has 0 radical (unpaired) electrons. The lowest BCUT2D eigenvalue weighted by Gasteiger charge is -2.42. The van der Waals surface area contributed by atoms with Crippen molar-refractivity contribution in [3.05, 3.63) is 72.4 Å². The first-order valence-electron chi connectivity index (χ1n) is 19.1. The van der Waals surface area contributed by atoms with Gasteiger partial charge in [-0.25, -0.2) is 9.59 Å². The zero-order chi connectivity index (χ0) is 41.5. The molecule has 1 unspecified atom stereocenters. The van der Waals surface area contributed by atoms with Crippen molar-refractivity contribution in [2.45, 2.75) is 96.2 Å². The number of likely N-dealkylation sites (tertiary alicyclic amines) is 1. The van der Waals surface area contributed by atoms with Crippen molar-refractivity contribution in [2.24, 2.45) is 0 Å². The standard InChI is InChI=1S/C41H53N7O9/c1-40(2,3)56-38(54)43-23-34(50)46-18-19-47(39(55)57-41(4,5)6)32(25-46)37(53)48-24-29(45-36(52)33(49)17-16-26-12-8-7-9-13-26)21-31(48)35(51)44-28-20-27-14-10-11-15-30(27)42-22-28/h7-15,20,22,29,31-33,49H,16-19,21,23-25H2,1-6H3,(H,43,54)(H,44,51)(H,45,52)/t29-,31+,32?,33-/m1/s1. The minimum atomic E-state index is -1.35. The fourth-order valence-electron chi connectivity index (χ4n) is 6.70. The molecule has 4 N–H and O–H groups in total. The average Bonchev–Trinajstić information content (AvgIpc) is 3.58. The van der Waals surface area contributed by atoms with Crippen LogP contribution in [-0.2, 0) is 35.1 Å². The van der Waals surface area contributed by atoms with Crippen LogP contribution in [0.4, 0.5) is 15.3 Å². The molecule has 2 aliphatic heterocycles. The molecular weight excluding hydrogens is 734 g/mol. The van der Waals surface area contributed by atoms with Crippen LogP contribution in [0.3, 0.4) is 0 Å². The van der Waals surface area contributed by atoms with Gasteiger partial charge in [-0.15, -0.1) is 0 Å². The van der Waals surface area contributed by atoms with E-state index >= 15 is 0 Å². The highest BCUT2D eigenvalue weighted by Crippen LogP contribution is 2.26. The van der Waals surface area contributed by atoms with E-state index in [2.05, 4.69) is 20.9 Å². The van der Waals surface area contributed by atoms with Crippen molar-refractivity contribution in [3.63, 3.8) is 0 Å². The first-order chi connectivity index (χ1) is 26.9. The van der Waals surface area contributed by atoms with Gasteiger partial charge in [0.25, 0.3) is 0 Å². The zero-order valence-electron chi connectivity index (χ0n) is 33.3. The number of rotatable bonds is 10. The van der Waals surface area contributed by atoms with E-state index in [0.29, 0.717) is 12.1 Å². The first-order valence-corrected chi connectivity index (χ1v) is 19.1. The molecule has 3 aromatic rings. The first kappa shape index (κ1) is 42.4. The second-order valence-corrected chi connectivity index (χ2v) is 16.3. The molecule has 0 saturated carbocycles. The van der Waals surface area contributed by atoms with E-state index < -0.39 is 77.8 Å². The molecule has 2 aromatic carbocycles. The second-order valence-electron chi connectivity index (χ2n) is 16.3. The van der Waals surface area contributed by atoms with E-state index in [4.69, 9.17) is 9.47 Å². The summed E-state index contributed by atoms with van der Waals surface area (Å²) in [7, 11) is 0. The van der Waals surface area contributed by atoms with Gasteiger partial charge in [-0.05, 0) is 78.5 Å². The van der Waals surface area contributed by atoms with Gasteiger partial charge in [-0.1, -0.05) is 48.5 Å². The molecule has 2 fully saturated rings. The monoisotopic (exact) mass is 787 g/mol. The maximum absolute atomic E-state index is 14.7. The number of aliphatic hydroxyl groups is 1. The largest absolute Gasteiger partial charge is 0.444 e. The van der Waals surface area contributed by atoms with Crippen LogP contribution < -0.4 is 16.0 Å². The number of hydrogen-bond donors (Lipinski definition) is 4. The van der Waals surface area contributed by atoms with Crippen molar-refractivity contribution >= 4 is 52.4 Å². The Balaban J connectivity index is 1.38. The van der Waals surface area contributed by atoms with Crippen LogP contribution in [0.1, 0.15) is 59.9 Å². The summed E-state index contributed by atoms with van der Waals surface area (Å²) in [6.45, 7) is 9.28. The Hall–Kier alpha value is -5.77. The van der Waals surface area contributed by atoms with Crippen LogP contribution in [0.15, 0.2) is 66.9 Å². The summed E-state index contributed by atoms with van der Waals surface area (Å²) in [5.41, 5.74) is 0.372. The summed E-state index contributed by atoms with van der Waals surface area (Å²) in [5.74, 6) is -2.38. The van der Waals surface area contributed by atoms with E-state index in [-0.39, 0.29) is 39.0 Å². The van der Waals surface area contributed by atoms with E-state index in [1.165, 1.54) is 20.9 Å². The van der Waals surface area contributed by atoms with E-state index in [1.807, 2.05) is 54.6 Å². The number of carbonyl (C=O) groups excluding carboxylic acids is 6. The van der Waals surface area contributed by atoms with Gasteiger partial charge in [-0.2, -0.15) is 0 Å². The minimum Gasteiger partial charge on any atom is -0.444 e. The Bertz CT molecular complexity index is 1950. The molecule has 57 heavy (non-hydrogen) atoms. The number of fused-ring (bicyclic) bond motifs is 1. The minimum absolute atomic E-state index is 0.00264. The summed E-state index contributed by atoms with van der Waals surface area (Å²) in [5, 5.41) is 19.7. The molecule has 4 atom stereocenters. The fourth-order valence-corrected chi connectivity index (χ4v) is 6.70. The molecule has 6 amide bonds. The topological polar surface area (TPSA) is 200 Å². The van der Waals surface area contributed by atoms with Crippen LogP contribution in [0, 0.1) is 0 Å². The van der Waals surface area contributed by atoms with Gasteiger partial charge < -0.3 is 40.3 Å². The summed E-state index contributed by atoms with van der Waals surface area (Å²) in [6.07, 6.45) is -0.804. The molecule has 1 aromatic heterocycles. The van der Waals surface area contributed by atoms with Crippen LogP contribution in [0.25, 0.3) is 10.9 Å². The number of para-hydroxylation sites is 1. The lowest BCUT2D eigenvalue weighted by molar-refractivity contribution is -0.146. The molecule has 0 aliphatic carbocycles. The summed E-state index contributed by atoms with van der Waals surface area (Å²) in [6, 6.07) is 15.4. The van der Waals surface area contributed by atoms with Crippen molar-refractivity contribution in [3.8, 4) is 0 Å². The van der Waals surface area contributed by atoms with Crippen LogP contribution in [0.5, 0.6) is 0 Å². The average molecular weight is 788 g/mol. The third-order valence-electron chi connectivity index (χ3n) is 9.37. The van der Waals surface area contributed by atoms with Crippen molar-refractivity contribution < 1.29 is 43.3 Å². The number of aryl methyl sites for hydroxylation is 1. The van der Waals surface area contributed by atoms with Gasteiger partial charge in [0.05, 0.1) is 23.9 Å². The molecule has 3 heterocycles. The highest BCUT2D eigenvalue weighted by atomic mass is 16.6. The number of alkyl carbamates (subject to hydrolysis) is 1. The highest BCUT2D eigenvalue weighted by Gasteiger charge is 2.47. The number of nitrogens with zero attached hydrogens (tertiary/aromatic N) is 4. The fraction of sp³-hybridized carbons (Fsp3) is 0.488. The Labute approximate surface area is 332 Å². The van der Waals surface area contributed by atoms with E-state index in [9.17, 15) is 33.9 Å². The second kappa shape index (κ2) is 18.0. The molecule has 0 bridgehead atoms. The molecule has 306 valence electrons. The van der Waals surface area contributed by atoms with Crippen molar-refractivity contribution in [1.82, 2.24) is 30.3 Å². The van der Waals surface area contributed by atoms with Crippen LogP contribution in [0.2, 0.25) is 0 Å². The smallest absolute Gasteiger partial charge is 0.411 e. The number of benzene rings is 2. The SMILES string of the molecule is CC(C)(C)OC(=O)NCC(=O)N1CCN(C(=O)OC(C)(C)C)C(C(=O)N2C[C@H](NC(=O)[C@H](O)CCc3ccccc3)C[C@H]2C(=O)Nc2cnc3ccccc3c2)C1. The van der Waals surface area contributed by atoms with Crippen LogP contribution in [-0.4, -0.2) is 129 Å². The van der Waals surface area contributed by atoms with Gasteiger partial charge in [0, 0.05) is 31.1 Å². The number of nitrogens with one attached hydrogen (secondary N) is 3. The van der Waals surface area contributed by atoms with E-state index in [1.54, 1.807) is 47.6 Å². The quantitative estimate of drug-likeness (QED) is 0.237. The Kier molecular flexibility index (Phi) is 13.4. The number of piperazine rings is 1. The number of carbonyl (C=O) groups is 6. The predicted molar refractivity (Wildman–Crippen MR) is 211 cm³/mol. The summed E-state index contributed by atoms with van der Waals surface area (Å²) >= 11 is 0. The zero-order valence-corrected chi connectivity index (χ0v) is 33.3. The van der Waals surface area contributed by atoms with Gasteiger partial charge >= 0.3 is 12.2 Å². The maximum Gasteiger partial charge on any atom is 0.411 e. The summed E-state index contributed by atoms with van der Waals surface area (Å²) < 4.78 is 10.9. The van der Waals surface area contributed by atoms with Crippen LogP contribution >= 0.6 is 0 Å². The number of anilines is 1. The molecule has 2 aliphatic rings. The lowest BCUT2D eigenvalue weighted by Crippen LogP contribution is -2.64. The summed E-state index contributed by atoms with van der Waals surface area (Å²) in [4.78, 5) is 89.6. The Morgan fingerprint density at radius 2 is 1.54 bits per heavy atom. The molecule has 16 nitrogen and oxygen atoms in total. The molecule has 16 heteroatoms. The van der Waals surface area contributed by atoms with E-state index in [0.717, 1.165) is 16.5 Å². The normalized spacial score (nSPS) is 19.1. The van der Waals surface area contributed by atoms with Gasteiger partial charge in [0.1, 0.15) is 35.9 Å². The Morgan fingerprint density at radius 3 is 2.25 bits per heavy atom. The third-order valence-corrected chi connectivity index (χ3v) is 9.37. The molecule has 5 rings (SSSR count). The molecule has 0 spiro atoms. The predicted octanol–water partition coefficient (Wildman–Crippen LogP) is 3.23. The highest BCUT2D eigenvalue weighted by molar-refractivity contribution is 6.00. The number of pyridine rings is 1. The Morgan fingerprint density at radius 1 is 0.860 bits per heavy atom. The number of aliphatic hydroxyl groups excluding tert-OH is 1. The van der Waals surface area contributed by atoms with Gasteiger partial charge in [0.15, 0.2) is 0 Å². The van der Waals surface area contributed by atoms with Gasteiger partial charge in [0.2, 0.25) is 23.6 Å². The lowest BCUT2D eigenvalue weighted by atomic mass is 10.1. The third kappa shape index (κ3) is 11.9.